The number of imidazole rings is 1. The van der Waals surface area contributed by atoms with Crippen molar-refractivity contribution in [2.75, 3.05) is 5.32 Å². The topological polar surface area (TPSA) is 55.6 Å². The van der Waals surface area contributed by atoms with Gasteiger partial charge in [0.1, 0.15) is 11.0 Å². The van der Waals surface area contributed by atoms with Crippen molar-refractivity contribution in [2.24, 2.45) is 0 Å². The molecule has 0 saturated heterocycles. The fourth-order valence-corrected chi connectivity index (χ4v) is 2.23. The minimum Gasteiger partial charge on any atom is -0.362 e. The summed E-state index contributed by atoms with van der Waals surface area (Å²) in [7, 11) is 0. The van der Waals surface area contributed by atoms with Gasteiger partial charge in [-0.05, 0) is 24.6 Å². The maximum absolute atomic E-state index is 5.84. The molecule has 3 aromatic rings. The van der Waals surface area contributed by atoms with Gasteiger partial charge in [-0.3, -0.25) is 4.98 Å². The lowest BCUT2D eigenvalue weighted by molar-refractivity contribution is 0.867. The summed E-state index contributed by atoms with van der Waals surface area (Å²) < 4.78 is 1.97. The Morgan fingerprint density at radius 1 is 1.24 bits per heavy atom. The van der Waals surface area contributed by atoms with Gasteiger partial charge in [0.15, 0.2) is 0 Å². The average molecular weight is 300 g/mol. The first-order valence-electron chi connectivity index (χ1n) is 6.55. The molecular formula is C15H14ClN5. The normalized spacial score (nSPS) is 12.1. The van der Waals surface area contributed by atoms with Crippen molar-refractivity contribution in [3.63, 3.8) is 0 Å². The fraction of sp³-hybridized carbons (Fsp3) is 0.133. The molecule has 0 fully saturated rings. The molecule has 0 aliphatic rings. The number of aromatic nitrogens is 4. The van der Waals surface area contributed by atoms with Crippen molar-refractivity contribution >= 4 is 17.4 Å². The Hall–Kier alpha value is -2.40. The van der Waals surface area contributed by atoms with Gasteiger partial charge in [0.25, 0.3) is 0 Å². The molecule has 2 heterocycles. The van der Waals surface area contributed by atoms with E-state index in [1.165, 1.54) is 6.20 Å². The van der Waals surface area contributed by atoms with E-state index in [0.29, 0.717) is 11.0 Å². The van der Waals surface area contributed by atoms with Crippen molar-refractivity contribution in [2.45, 2.75) is 13.0 Å². The molecule has 5 nitrogen and oxygen atoms in total. The second-order valence-electron chi connectivity index (χ2n) is 4.66. The number of rotatable bonds is 4. The van der Waals surface area contributed by atoms with Gasteiger partial charge in [-0.1, -0.05) is 23.7 Å². The van der Waals surface area contributed by atoms with Crippen LogP contribution in [0.3, 0.4) is 0 Å². The first-order valence-corrected chi connectivity index (χ1v) is 6.92. The standard InChI is InChI=1S/C15H14ClN5/c1-11(19-15-9-18-8-14(16)20-15)12-3-2-4-13(7-12)21-6-5-17-10-21/h2-11H,1H3,(H,19,20)/t11-/m0/s1. The number of nitrogens with zero attached hydrogens (tertiary/aromatic N) is 4. The minimum absolute atomic E-state index is 0.0845. The van der Waals surface area contributed by atoms with Crippen molar-refractivity contribution in [3.05, 3.63) is 66.1 Å². The lowest BCUT2D eigenvalue weighted by atomic mass is 10.1. The first kappa shape index (κ1) is 13.6. The maximum atomic E-state index is 5.84. The van der Waals surface area contributed by atoms with Crippen LogP contribution in [0.2, 0.25) is 5.15 Å². The highest BCUT2D eigenvalue weighted by molar-refractivity contribution is 6.29. The number of benzene rings is 1. The molecule has 0 radical (unpaired) electrons. The van der Waals surface area contributed by atoms with E-state index in [1.54, 1.807) is 18.7 Å². The van der Waals surface area contributed by atoms with Crippen LogP contribution >= 0.6 is 11.6 Å². The molecule has 106 valence electrons. The molecule has 2 aromatic heterocycles. The van der Waals surface area contributed by atoms with Crippen LogP contribution in [-0.2, 0) is 0 Å². The highest BCUT2D eigenvalue weighted by Gasteiger charge is 2.08. The summed E-state index contributed by atoms with van der Waals surface area (Å²) in [5.74, 6) is 0.656. The number of nitrogens with one attached hydrogen (secondary N) is 1. The molecule has 3 rings (SSSR count). The molecule has 1 atom stereocenters. The third-order valence-corrected chi connectivity index (χ3v) is 3.32. The number of hydrogen-bond donors (Lipinski definition) is 1. The van der Waals surface area contributed by atoms with Crippen LogP contribution in [0.25, 0.3) is 5.69 Å². The minimum atomic E-state index is 0.0845. The predicted molar refractivity (Wildman–Crippen MR) is 82.6 cm³/mol. The largest absolute Gasteiger partial charge is 0.362 e. The number of anilines is 1. The molecule has 0 spiro atoms. The second-order valence-corrected chi connectivity index (χ2v) is 5.05. The molecule has 0 bridgehead atoms. The maximum Gasteiger partial charge on any atom is 0.149 e. The SMILES string of the molecule is C[C@H](Nc1cncc(Cl)n1)c1cccc(-n2ccnc2)c1. The molecule has 1 aromatic carbocycles. The van der Waals surface area contributed by atoms with E-state index < -0.39 is 0 Å². The summed E-state index contributed by atoms with van der Waals surface area (Å²) in [4.78, 5) is 12.3. The summed E-state index contributed by atoms with van der Waals surface area (Å²) in [6.07, 6.45) is 8.62. The van der Waals surface area contributed by atoms with E-state index in [0.717, 1.165) is 11.3 Å². The van der Waals surface area contributed by atoms with Gasteiger partial charge in [-0.25, -0.2) is 9.97 Å². The molecule has 0 saturated carbocycles. The zero-order valence-electron chi connectivity index (χ0n) is 11.4. The second kappa shape index (κ2) is 5.93. The highest BCUT2D eigenvalue weighted by Crippen LogP contribution is 2.20. The quantitative estimate of drug-likeness (QED) is 0.801. The predicted octanol–water partition coefficient (Wildman–Crippen LogP) is 3.49. The first-order chi connectivity index (χ1) is 10.2. The Morgan fingerprint density at radius 3 is 2.90 bits per heavy atom. The van der Waals surface area contributed by atoms with Crippen LogP contribution in [-0.4, -0.2) is 19.5 Å². The van der Waals surface area contributed by atoms with Crippen LogP contribution in [0, 0.1) is 0 Å². The molecule has 0 amide bonds. The Balaban J connectivity index is 1.81. The van der Waals surface area contributed by atoms with E-state index in [-0.39, 0.29) is 6.04 Å². The van der Waals surface area contributed by atoms with E-state index in [9.17, 15) is 0 Å². The third-order valence-electron chi connectivity index (χ3n) is 3.14. The summed E-state index contributed by atoms with van der Waals surface area (Å²) in [6, 6.07) is 8.32. The molecule has 1 N–H and O–H groups in total. The summed E-state index contributed by atoms with van der Waals surface area (Å²) in [5.41, 5.74) is 2.21. The van der Waals surface area contributed by atoms with Crippen LogP contribution in [0.1, 0.15) is 18.5 Å². The van der Waals surface area contributed by atoms with Crippen LogP contribution in [0.4, 0.5) is 5.82 Å². The third kappa shape index (κ3) is 3.20. The summed E-state index contributed by atoms with van der Waals surface area (Å²) in [5, 5.41) is 3.66. The van der Waals surface area contributed by atoms with Crippen LogP contribution in [0.5, 0.6) is 0 Å². The van der Waals surface area contributed by atoms with E-state index in [4.69, 9.17) is 11.6 Å². The van der Waals surface area contributed by atoms with Crippen molar-refractivity contribution in [1.29, 1.82) is 0 Å². The van der Waals surface area contributed by atoms with E-state index in [2.05, 4.69) is 39.3 Å². The molecule has 0 aliphatic heterocycles. The lowest BCUT2D eigenvalue weighted by Crippen LogP contribution is -2.08. The van der Waals surface area contributed by atoms with Crippen LogP contribution in [0.15, 0.2) is 55.4 Å². The van der Waals surface area contributed by atoms with Gasteiger partial charge in [-0.15, -0.1) is 0 Å². The van der Waals surface area contributed by atoms with Gasteiger partial charge in [0.05, 0.1) is 24.8 Å². The smallest absolute Gasteiger partial charge is 0.149 e. The summed E-state index contributed by atoms with van der Waals surface area (Å²) >= 11 is 5.84. The zero-order chi connectivity index (χ0) is 14.7. The Morgan fingerprint density at radius 2 is 2.14 bits per heavy atom. The van der Waals surface area contributed by atoms with E-state index >= 15 is 0 Å². The highest BCUT2D eigenvalue weighted by atomic mass is 35.5. The molecule has 6 heteroatoms. The molecular weight excluding hydrogens is 286 g/mol. The zero-order valence-corrected chi connectivity index (χ0v) is 12.2. The molecule has 21 heavy (non-hydrogen) atoms. The molecule has 0 aliphatic carbocycles. The monoisotopic (exact) mass is 299 g/mol. The van der Waals surface area contributed by atoms with Crippen molar-refractivity contribution in [1.82, 2.24) is 19.5 Å². The fourth-order valence-electron chi connectivity index (χ4n) is 2.08. The van der Waals surface area contributed by atoms with Crippen LogP contribution < -0.4 is 5.32 Å². The van der Waals surface area contributed by atoms with Gasteiger partial charge >= 0.3 is 0 Å². The summed E-state index contributed by atoms with van der Waals surface area (Å²) in [6.45, 7) is 2.07. The van der Waals surface area contributed by atoms with Gasteiger partial charge in [-0.2, -0.15) is 0 Å². The van der Waals surface area contributed by atoms with Crippen molar-refractivity contribution in [3.8, 4) is 5.69 Å². The average Bonchev–Trinajstić information content (AvgIpc) is 3.02. The van der Waals surface area contributed by atoms with Crippen molar-refractivity contribution < 1.29 is 0 Å². The number of halogens is 1. The Bertz CT molecular complexity index is 726. The molecule has 0 unspecified atom stereocenters. The van der Waals surface area contributed by atoms with Gasteiger partial charge in [0, 0.05) is 18.1 Å². The number of hydrogen-bond acceptors (Lipinski definition) is 4. The van der Waals surface area contributed by atoms with Gasteiger partial charge in [0.2, 0.25) is 0 Å². The Kier molecular flexibility index (Phi) is 3.83. The Labute approximate surface area is 127 Å². The lowest BCUT2D eigenvalue weighted by Gasteiger charge is -2.16. The van der Waals surface area contributed by atoms with E-state index in [1.807, 2.05) is 22.9 Å². The van der Waals surface area contributed by atoms with Gasteiger partial charge < -0.3 is 9.88 Å².